The number of hydrogen-bond acceptors (Lipinski definition) is 5. The molecule has 1 N–H and O–H groups in total. The van der Waals surface area contributed by atoms with Gasteiger partial charge in [0, 0.05) is 37.4 Å². The van der Waals surface area contributed by atoms with Crippen molar-refractivity contribution in [2.24, 2.45) is 5.92 Å². The van der Waals surface area contributed by atoms with Crippen molar-refractivity contribution in [2.45, 2.75) is 51.7 Å². The Morgan fingerprint density at radius 2 is 2.00 bits per heavy atom. The van der Waals surface area contributed by atoms with Crippen molar-refractivity contribution < 1.29 is 19.1 Å². The van der Waals surface area contributed by atoms with Gasteiger partial charge in [-0.05, 0) is 56.0 Å². The lowest BCUT2D eigenvalue weighted by molar-refractivity contribution is -0.184. The summed E-state index contributed by atoms with van der Waals surface area (Å²) in [6.07, 6.45) is 9.34. The minimum atomic E-state index is -0.478. The molecule has 2 heterocycles. The number of benzene rings is 1. The van der Waals surface area contributed by atoms with E-state index in [0.717, 1.165) is 44.6 Å². The second kappa shape index (κ2) is 11.4. The van der Waals surface area contributed by atoms with Crippen LogP contribution in [-0.4, -0.2) is 65.8 Å². The molecule has 178 valence electrons. The van der Waals surface area contributed by atoms with Crippen LogP contribution in [0, 0.1) is 5.92 Å². The normalized spacial score (nSPS) is 21.4. The summed E-state index contributed by atoms with van der Waals surface area (Å²) in [5.41, 5.74) is 1.71. The standard InChI is InChI=1S/C26H35N3O4/c1-20(2)24(31)27-23-9-7-8-22(18-23)10-14-28-15-11-26(12-16-28)19-29(13-5-4-6-17-30)25(32)21(3)33-26/h4-9,13,17-18,20-21H,10-12,14-16,19H2,1-3H3,(H,27,31)/b6-4-,13-5+. The van der Waals surface area contributed by atoms with Crippen LogP contribution in [-0.2, 0) is 25.5 Å². The van der Waals surface area contributed by atoms with Gasteiger partial charge in [0.1, 0.15) is 12.4 Å². The van der Waals surface area contributed by atoms with Crippen molar-refractivity contribution in [1.82, 2.24) is 9.80 Å². The minimum Gasteiger partial charge on any atom is -0.360 e. The number of nitrogens with zero attached hydrogens (tertiary/aromatic N) is 2. The van der Waals surface area contributed by atoms with Gasteiger partial charge in [-0.1, -0.05) is 32.1 Å². The van der Waals surface area contributed by atoms with E-state index in [1.807, 2.05) is 39.0 Å². The molecule has 2 fully saturated rings. The van der Waals surface area contributed by atoms with Gasteiger partial charge in [0.25, 0.3) is 5.91 Å². The molecule has 0 aromatic heterocycles. The number of carbonyl (C=O) groups is 3. The summed E-state index contributed by atoms with van der Waals surface area (Å²) in [6, 6.07) is 8.05. The van der Waals surface area contributed by atoms with Gasteiger partial charge in [-0.25, -0.2) is 0 Å². The first-order valence-electron chi connectivity index (χ1n) is 11.7. The van der Waals surface area contributed by atoms with Crippen LogP contribution in [0.3, 0.4) is 0 Å². The molecule has 1 atom stereocenters. The molecule has 7 heteroatoms. The molecule has 0 radical (unpaired) electrons. The van der Waals surface area contributed by atoms with Gasteiger partial charge in [0.15, 0.2) is 0 Å². The Morgan fingerprint density at radius 3 is 2.70 bits per heavy atom. The molecule has 3 rings (SSSR count). The maximum atomic E-state index is 12.5. The molecule has 2 amide bonds. The molecule has 2 aliphatic rings. The maximum Gasteiger partial charge on any atom is 0.255 e. The average Bonchev–Trinajstić information content (AvgIpc) is 2.80. The maximum absolute atomic E-state index is 12.5. The van der Waals surface area contributed by atoms with Crippen molar-refractivity contribution in [3.8, 4) is 0 Å². The summed E-state index contributed by atoms with van der Waals surface area (Å²) >= 11 is 0. The first-order chi connectivity index (χ1) is 15.8. The third-order valence-electron chi connectivity index (χ3n) is 6.29. The van der Waals surface area contributed by atoms with E-state index in [1.165, 1.54) is 11.6 Å². The number of nitrogens with one attached hydrogen (secondary N) is 1. The molecular weight excluding hydrogens is 418 g/mol. The Balaban J connectivity index is 1.52. The molecule has 1 aromatic rings. The summed E-state index contributed by atoms with van der Waals surface area (Å²) in [5, 5.41) is 2.96. The lowest BCUT2D eigenvalue weighted by Gasteiger charge is -2.48. The van der Waals surface area contributed by atoms with Gasteiger partial charge < -0.3 is 19.9 Å². The SMILES string of the molecule is CC(C)C(=O)Nc1cccc(CCN2CCC3(CC2)CN(/C=C/C=C\C=O)C(=O)C(C)O3)c1. The molecule has 0 bridgehead atoms. The van der Waals surface area contributed by atoms with E-state index in [2.05, 4.69) is 16.3 Å². The summed E-state index contributed by atoms with van der Waals surface area (Å²) in [6.45, 7) is 8.87. The molecular formula is C26H35N3O4. The highest BCUT2D eigenvalue weighted by Gasteiger charge is 2.44. The molecule has 0 saturated carbocycles. The van der Waals surface area contributed by atoms with Crippen LogP contribution >= 0.6 is 0 Å². The van der Waals surface area contributed by atoms with Gasteiger partial charge in [-0.15, -0.1) is 0 Å². The van der Waals surface area contributed by atoms with E-state index in [1.54, 1.807) is 23.3 Å². The van der Waals surface area contributed by atoms with Crippen LogP contribution in [0.5, 0.6) is 0 Å². The predicted octanol–water partition coefficient (Wildman–Crippen LogP) is 3.17. The Hall–Kier alpha value is -2.77. The molecule has 7 nitrogen and oxygen atoms in total. The number of hydrogen-bond donors (Lipinski definition) is 1. The second-order valence-electron chi connectivity index (χ2n) is 9.21. The minimum absolute atomic E-state index is 0.0253. The number of piperidine rings is 1. The number of ether oxygens (including phenoxy) is 1. The average molecular weight is 454 g/mol. The topological polar surface area (TPSA) is 79.0 Å². The Labute approximate surface area is 196 Å². The fourth-order valence-electron chi connectivity index (χ4n) is 4.31. The van der Waals surface area contributed by atoms with Gasteiger partial charge >= 0.3 is 0 Å². The second-order valence-corrected chi connectivity index (χ2v) is 9.21. The third kappa shape index (κ3) is 6.85. The van der Waals surface area contributed by atoms with Crippen molar-refractivity contribution in [2.75, 3.05) is 31.5 Å². The highest BCUT2D eigenvalue weighted by Crippen LogP contribution is 2.33. The van der Waals surface area contributed by atoms with Crippen LogP contribution < -0.4 is 5.32 Å². The molecule has 1 spiro atoms. The largest absolute Gasteiger partial charge is 0.360 e. The fourth-order valence-corrected chi connectivity index (χ4v) is 4.31. The highest BCUT2D eigenvalue weighted by atomic mass is 16.5. The molecule has 1 aromatic carbocycles. The van der Waals surface area contributed by atoms with E-state index in [-0.39, 0.29) is 23.3 Å². The quantitative estimate of drug-likeness (QED) is 0.372. The van der Waals surface area contributed by atoms with Gasteiger partial charge in [-0.2, -0.15) is 0 Å². The van der Waals surface area contributed by atoms with E-state index in [4.69, 9.17) is 4.74 Å². The Kier molecular flexibility index (Phi) is 8.58. The van der Waals surface area contributed by atoms with E-state index in [0.29, 0.717) is 12.8 Å². The summed E-state index contributed by atoms with van der Waals surface area (Å²) in [5.74, 6) is -0.0749. The lowest BCUT2D eigenvalue weighted by Crippen LogP contribution is -2.60. The van der Waals surface area contributed by atoms with Crippen molar-refractivity contribution in [3.63, 3.8) is 0 Å². The van der Waals surface area contributed by atoms with Gasteiger partial charge in [-0.3, -0.25) is 14.4 Å². The van der Waals surface area contributed by atoms with Crippen LogP contribution in [0.2, 0.25) is 0 Å². The van der Waals surface area contributed by atoms with Crippen molar-refractivity contribution in [1.29, 1.82) is 0 Å². The third-order valence-corrected chi connectivity index (χ3v) is 6.29. The van der Waals surface area contributed by atoms with Gasteiger partial charge in [0.2, 0.25) is 5.91 Å². The highest BCUT2D eigenvalue weighted by molar-refractivity contribution is 5.92. The zero-order valence-electron chi connectivity index (χ0n) is 19.8. The number of carbonyl (C=O) groups excluding carboxylic acids is 3. The van der Waals surface area contributed by atoms with Gasteiger partial charge in [0.05, 0.1) is 12.1 Å². The smallest absolute Gasteiger partial charge is 0.255 e. The lowest BCUT2D eigenvalue weighted by atomic mass is 9.88. The van der Waals surface area contributed by atoms with Crippen molar-refractivity contribution in [3.05, 3.63) is 54.3 Å². The zero-order valence-corrected chi connectivity index (χ0v) is 19.8. The number of likely N-dealkylation sites (tertiary alicyclic amines) is 1. The number of aldehydes is 1. The predicted molar refractivity (Wildman–Crippen MR) is 129 cm³/mol. The number of rotatable bonds is 8. The zero-order chi connectivity index (χ0) is 23.8. The Bertz CT molecular complexity index is 901. The van der Waals surface area contributed by atoms with Crippen molar-refractivity contribution >= 4 is 23.8 Å². The molecule has 1 unspecified atom stereocenters. The molecule has 33 heavy (non-hydrogen) atoms. The summed E-state index contributed by atoms with van der Waals surface area (Å²) in [7, 11) is 0. The summed E-state index contributed by atoms with van der Waals surface area (Å²) < 4.78 is 6.20. The number of morpholine rings is 1. The van der Waals surface area contributed by atoms with E-state index < -0.39 is 6.10 Å². The first kappa shape index (κ1) is 24.9. The molecule has 0 aliphatic carbocycles. The number of allylic oxidation sites excluding steroid dienone is 3. The van der Waals surface area contributed by atoms with Crippen LogP contribution in [0.15, 0.2) is 48.7 Å². The fraction of sp³-hybridized carbons (Fsp3) is 0.500. The Morgan fingerprint density at radius 1 is 1.24 bits per heavy atom. The van der Waals surface area contributed by atoms with Crippen LogP contribution in [0.4, 0.5) is 5.69 Å². The number of amides is 2. The van der Waals surface area contributed by atoms with E-state index in [9.17, 15) is 14.4 Å². The van der Waals surface area contributed by atoms with Crippen LogP contribution in [0.25, 0.3) is 0 Å². The van der Waals surface area contributed by atoms with Crippen LogP contribution in [0.1, 0.15) is 39.2 Å². The number of anilines is 1. The van der Waals surface area contributed by atoms with E-state index >= 15 is 0 Å². The summed E-state index contributed by atoms with van der Waals surface area (Å²) in [4.78, 5) is 39.0. The molecule has 2 aliphatic heterocycles. The first-order valence-corrected chi connectivity index (χ1v) is 11.7. The monoisotopic (exact) mass is 453 g/mol. The molecule has 2 saturated heterocycles.